The zero-order valence-corrected chi connectivity index (χ0v) is 51.9. The number of unbranched alkanes of at least 4 members (excludes halogenated alkanes) is 39. The molecule has 0 aliphatic carbocycles. The molecule has 78 heavy (non-hydrogen) atoms. The summed E-state index contributed by atoms with van der Waals surface area (Å²) in [7, 11) is 0. The van der Waals surface area contributed by atoms with E-state index in [1.165, 1.54) is 205 Å². The molecule has 0 fully saturated rings. The third kappa shape index (κ3) is 63.7. The van der Waals surface area contributed by atoms with Crippen LogP contribution in [0.1, 0.15) is 348 Å². The first-order chi connectivity index (χ1) is 38.5. The van der Waals surface area contributed by atoms with Crippen molar-refractivity contribution >= 4 is 17.9 Å². The predicted molar refractivity (Wildman–Crippen MR) is 339 cm³/mol. The maximum atomic E-state index is 12.9. The summed E-state index contributed by atoms with van der Waals surface area (Å²) in [4.78, 5) is 38.4. The summed E-state index contributed by atoms with van der Waals surface area (Å²) < 4.78 is 17.0. The van der Waals surface area contributed by atoms with Crippen LogP contribution in [0.4, 0.5) is 0 Å². The number of esters is 3. The molecular weight excluding hydrogens is 961 g/mol. The first kappa shape index (κ1) is 74.8. The molecule has 1 atom stereocenters. The molecule has 0 aliphatic rings. The van der Waals surface area contributed by atoms with Crippen LogP contribution in [0.3, 0.4) is 0 Å². The van der Waals surface area contributed by atoms with Gasteiger partial charge in [-0.1, -0.05) is 312 Å². The van der Waals surface area contributed by atoms with E-state index in [0.29, 0.717) is 19.3 Å². The molecule has 0 spiro atoms. The van der Waals surface area contributed by atoms with Crippen molar-refractivity contribution in [2.75, 3.05) is 13.2 Å². The second-order valence-corrected chi connectivity index (χ2v) is 22.7. The van der Waals surface area contributed by atoms with Gasteiger partial charge in [0.2, 0.25) is 0 Å². The van der Waals surface area contributed by atoms with E-state index < -0.39 is 6.10 Å². The molecule has 0 heterocycles. The quantitative estimate of drug-likeness (QED) is 0.0261. The highest BCUT2D eigenvalue weighted by molar-refractivity contribution is 5.71. The average Bonchev–Trinajstić information content (AvgIpc) is 3.44. The van der Waals surface area contributed by atoms with Crippen LogP contribution in [0.25, 0.3) is 0 Å². The second kappa shape index (κ2) is 66.4. The zero-order valence-electron chi connectivity index (χ0n) is 51.9. The van der Waals surface area contributed by atoms with Crippen LogP contribution in [-0.4, -0.2) is 37.2 Å². The molecule has 0 saturated carbocycles. The van der Waals surface area contributed by atoms with E-state index in [1.54, 1.807) is 0 Å². The standard InChI is InChI=1S/C72H128O6/c1-4-7-10-13-16-19-22-25-28-31-33-35-36-37-39-41-44-47-50-53-56-59-62-65-71(74)77-68-69(67-76-70(73)64-61-58-55-52-49-46-43-40-30-27-24-21-18-15-12-9-6-3)78-72(75)66-63-60-57-54-51-48-45-42-38-34-32-29-26-23-20-17-14-11-8-5-2/h9,12,18,21-22,25,27,30-31,33,36-37,69H,4-8,10-11,13-17,19-20,23-24,26,28-29,32,34-35,38-68H2,1-3H3/b12-9-,21-18-,25-22-,30-27-,33-31-,37-36-. The first-order valence-corrected chi connectivity index (χ1v) is 33.9. The summed E-state index contributed by atoms with van der Waals surface area (Å²) in [6, 6.07) is 0. The van der Waals surface area contributed by atoms with Gasteiger partial charge in [-0.25, -0.2) is 0 Å². The lowest BCUT2D eigenvalue weighted by Gasteiger charge is -2.18. The molecule has 6 heteroatoms. The van der Waals surface area contributed by atoms with Crippen molar-refractivity contribution in [3.05, 3.63) is 72.9 Å². The van der Waals surface area contributed by atoms with Crippen molar-refractivity contribution in [3.63, 3.8) is 0 Å². The van der Waals surface area contributed by atoms with Gasteiger partial charge in [0, 0.05) is 19.3 Å². The van der Waals surface area contributed by atoms with Crippen LogP contribution >= 0.6 is 0 Å². The van der Waals surface area contributed by atoms with Gasteiger partial charge >= 0.3 is 17.9 Å². The highest BCUT2D eigenvalue weighted by Crippen LogP contribution is 2.17. The van der Waals surface area contributed by atoms with Crippen LogP contribution in [0.5, 0.6) is 0 Å². The Balaban J connectivity index is 4.36. The summed E-state index contributed by atoms with van der Waals surface area (Å²) in [5, 5.41) is 0. The fourth-order valence-electron chi connectivity index (χ4n) is 9.88. The van der Waals surface area contributed by atoms with Gasteiger partial charge in [-0.05, 0) is 89.9 Å². The summed E-state index contributed by atoms with van der Waals surface area (Å²) in [5.41, 5.74) is 0. The van der Waals surface area contributed by atoms with Gasteiger partial charge < -0.3 is 14.2 Å². The fraction of sp³-hybridized carbons (Fsp3) is 0.792. The van der Waals surface area contributed by atoms with Crippen molar-refractivity contribution in [1.29, 1.82) is 0 Å². The molecule has 0 aromatic carbocycles. The smallest absolute Gasteiger partial charge is 0.306 e. The lowest BCUT2D eigenvalue weighted by molar-refractivity contribution is -0.167. The minimum atomic E-state index is -0.783. The molecule has 0 radical (unpaired) electrons. The minimum Gasteiger partial charge on any atom is -0.462 e. The van der Waals surface area contributed by atoms with Crippen molar-refractivity contribution < 1.29 is 28.6 Å². The SMILES string of the molecule is CC/C=C\C/C=C\C/C=C\CCCCCCCCCC(=O)OCC(COC(=O)CCCCCCCCCC/C=C\C/C=C\C/C=C\CCCCCCC)OC(=O)CCCCCCCCCCCCCCCCCCCCCC. The Hall–Kier alpha value is -3.15. The van der Waals surface area contributed by atoms with Gasteiger partial charge in [0.25, 0.3) is 0 Å². The van der Waals surface area contributed by atoms with Crippen LogP contribution < -0.4 is 0 Å². The highest BCUT2D eigenvalue weighted by atomic mass is 16.6. The van der Waals surface area contributed by atoms with Gasteiger partial charge in [-0.3, -0.25) is 14.4 Å². The lowest BCUT2D eigenvalue weighted by Crippen LogP contribution is -2.30. The van der Waals surface area contributed by atoms with Crippen molar-refractivity contribution in [3.8, 4) is 0 Å². The first-order valence-electron chi connectivity index (χ1n) is 33.9. The van der Waals surface area contributed by atoms with Gasteiger partial charge in [0.15, 0.2) is 6.10 Å². The highest BCUT2D eigenvalue weighted by Gasteiger charge is 2.19. The van der Waals surface area contributed by atoms with E-state index in [0.717, 1.165) is 103 Å². The van der Waals surface area contributed by atoms with Crippen LogP contribution in [-0.2, 0) is 28.6 Å². The molecule has 1 unspecified atom stereocenters. The summed E-state index contributed by atoms with van der Waals surface area (Å²) in [6.45, 7) is 6.56. The van der Waals surface area contributed by atoms with Crippen molar-refractivity contribution in [2.24, 2.45) is 0 Å². The third-order valence-electron chi connectivity index (χ3n) is 14.9. The fourth-order valence-corrected chi connectivity index (χ4v) is 9.88. The minimum absolute atomic E-state index is 0.0796. The largest absolute Gasteiger partial charge is 0.462 e. The molecular formula is C72H128O6. The summed E-state index contributed by atoms with van der Waals surface area (Å²) in [5.74, 6) is -0.875. The number of rotatable bonds is 62. The van der Waals surface area contributed by atoms with Crippen LogP contribution in [0.15, 0.2) is 72.9 Å². The number of allylic oxidation sites excluding steroid dienone is 12. The molecule has 0 bridgehead atoms. The molecule has 0 aromatic rings. The molecule has 0 amide bonds. The average molecular weight is 1090 g/mol. The van der Waals surface area contributed by atoms with Gasteiger partial charge in [-0.15, -0.1) is 0 Å². The Morgan fingerprint density at radius 2 is 0.500 bits per heavy atom. The second-order valence-electron chi connectivity index (χ2n) is 22.7. The molecule has 0 N–H and O–H groups in total. The molecule has 0 saturated heterocycles. The van der Waals surface area contributed by atoms with Crippen LogP contribution in [0.2, 0.25) is 0 Å². The maximum absolute atomic E-state index is 12.9. The Kier molecular flexibility index (Phi) is 63.7. The van der Waals surface area contributed by atoms with E-state index >= 15 is 0 Å². The Bertz CT molecular complexity index is 1440. The molecule has 6 nitrogen and oxygen atoms in total. The van der Waals surface area contributed by atoms with E-state index in [9.17, 15) is 14.4 Å². The van der Waals surface area contributed by atoms with Crippen LogP contribution in [0, 0.1) is 0 Å². The topological polar surface area (TPSA) is 78.9 Å². The number of ether oxygens (including phenoxy) is 3. The van der Waals surface area contributed by atoms with E-state index in [4.69, 9.17) is 14.2 Å². The Labute approximate surface area is 484 Å². The van der Waals surface area contributed by atoms with Crippen molar-refractivity contribution in [1.82, 2.24) is 0 Å². The summed E-state index contributed by atoms with van der Waals surface area (Å²) >= 11 is 0. The maximum Gasteiger partial charge on any atom is 0.306 e. The van der Waals surface area contributed by atoms with E-state index in [-0.39, 0.29) is 31.1 Å². The number of hydrogen-bond acceptors (Lipinski definition) is 6. The zero-order chi connectivity index (χ0) is 56.4. The molecule has 0 aromatic heterocycles. The summed E-state index contributed by atoms with van der Waals surface area (Å²) in [6.07, 6.45) is 86.2. The third-order valence-corrected chi connectivity index (χ3v) is 14.9. The Morgan fingerprint density at radius 3 is 0.782 bits per heavy atom. The Morgan fingerprint density at radius 1 is 0.269 bits per heavy atom. The van der Waals surface area contributed by atoms with Gasteiger partial charge in [0.05, 0.1) is 0 Å². The van der Waals surface area contributed by atoms with Gasteiger partial charge in [0.1, 0.15) is 13.2 Å². The lowest BCUT2D eigenvalue weighted by atomic mass is 10.0. The van der Waals surface area contributed by atoms with E-state index in [2.05, 4.69) is 93.7 Å². The predicted octanol–water partition coefficient (Wildman–Crippen LogP) is 23.3. The molecule has 452 valence electrons. The molecule has 0 aliphatic heterocycles. The number of carbonyl (C=O) groups is 3. The molecule has 0 rings (SSSR count). The number of hydrogen-bond donors (Lipinski definition) is 0. The normalized spacial score (nSPS) is 12.5. The van der Waals surface area contributed by atoms with Crippen molar-refractivity contribution in [2.45, 2.75) is 354 Å². The number of carbonyl (C=O) groups excluding carboxylic acids is 3. The monoisotopic (exact) mass is 1090 g/mol. The van der Waals surface area contributed by atoms with E-state index in [1.807, 2.05) is 0 Å². The van der Waals surface area contributed by atoms with Gasteiger partial charge in [-0.2, -0.15) is 0 Å².